The highest BCUT2D eigenvalue weighted by atomic mass is 16.1. The molecule has 0 radical (unpaired) electrons. The Morgan fingerprint density at radius 3 is 1.73 bits per heavy atom. The molecule has 0 bridgehead atoms. The van der Waals surface area contributed by atoms with Gasteiger partial charge < -0.3 is 11.5 Å². The lowest BCUT2D eigenvalue weighted by Crippen LogP contribution is -2.20. The summed E-state index contributed by atoms with van der Waals surface area (Å²) in [5, 5.41) is 0. The number of benzene rings is 1. The maximum absolute atomic E-state index is 11.2. The molecule has 0 fully saturated rings. The molecule has 4 heteroatoms. The predicted octanol–water partition coefficient (Wildman–Crippen LogP) is 1.01. The Labute approximate surface area is 88.3 Å². The van der Waals surface area contributed by atoms with Gasteiger partial charge in [0.25, 0.3) is 0 Å². The molecular weight excluding hydrogens is 192 g/mol. The van der Waals surface area contributed by atoms with Crippen molar-refractivity contribution in [2.75, 3.05) is 0 Å². The molecule has 0 aromatic heterocycles. The minimum Gasteiger partial charge on any atom is -0.366 e. The summed E-state index contributed by atoms with van der Waals surface area (Å²) in [6.45, 7) is 3.77. The van der Waals surface area contributed by atoms with Crippen LogP contribution in [0.15, 0.2) is 18.2 Å². The third-order valence-electron chi connectivity index (χ3n) is 2.21. The summed E-state index contributed by atoms with van der Waals surface area (Å²) in [5.41, 5.74) is 11.8. The Bertz CT molecular complexity index is 379. The number of carbonyl (C=O) groups excluding carboxylic acids is 2. The molecule has 0 unspecified atom stereocenters. The molecule has 0 aliphatic carbocycles. The lowest BCUT2D eigenvalue weighted by Gasteiger charge is -2.13. The number of hydrogen-bond donors (Lipinski definition) is 2. The number of hydrogen-bond acceptors (Lipinski definition) is 2. The van der Waals surface area contributed by atoms with Crippen molar-refractivity contribution >= 4 is 11.8 Å². The molecule has 80 valence electrons. The zero-order chi connectivity index (χ0) is 11.6. The maximum atomic E-state index is 11.2. The van der Waals surface area contributed by atoms with Crippen molar-refractivity contribution < 1.29 is 9.59 Å². The molecule has 0 saturated carbocycles. The summed E-state index contributed by atoms with van der Waals surface area (Å²) in [7, 11) is 0. The molecule has 4 nitrogen and oxygen atoms in total. The van der Waals surface area contributed by atoms with Crippen molar-refractivity contribution in [1.29, 1.82) is 0 Å². The second-order valence-corrected chi connectivity index (χ2v) is 3.65. The summed E-state index contributed by atoms with van der Waals surface area (Å²) in [4.78, 5) is 22.3. The Morgan fingerprint density at radius 2 is 1.47 bits per heavy atom. The van der Waals surface area contributed by atoms with E-state index < -0.39 is 11.8 Å². The monoisotopic (exact) mass is 206 g/mol. The molecule has 0 spiro atoms. The smallest absolute Gasteiger partial charge is 0.249 e. The molecule has 0 heterocycles. The first-order valence-electron chi connectivity index (χ1n) is 4.67. The van der Waals surface area contributed by atoms with Gasteiger partial charge in [-0.15, -0.1) is 0 Å². The summed E-state index contributed by atoms with van der Waals surface area (Å²) in [6.07, 6.45) is 0. The standard InChI is InChI=1S/C11H14N2O2/c1-6(2)9-7(10(12)14)4-3-5-8(9)11(13)15/h3-6H,1-2H3,(H2,12,14)(H2,13,15). The number of carbonyl (C=O) groups is 2. The number of amides is 2. The lowest BCUT2D eigenvalue weighted by molar-refractivity contribution is 0.0999. The largest absolute Gasteiger partial charge is 0.366 e. The molecule has 0 atom stereocenters. The minimum absolute atomic E-state index is 0.0243. The molecule has 4 N–H and O–H groups in total. The summed E-state index contributed by atoms with van der Waals surface area (Å²) >= 11 is 0. The van der Waals surface area contributed by atoms with Crippen LogP contribution in [0, 0.1) is 0 Å². The number of primary amides is 2. The van der Waals surface area contributed by atoms with Gasteiger partial charge in [-0.1, -0.05) is 19.9 Å². The molecule has 1 aromatic carbocycles. The average Bonchev–Trinajstić information content (AvgIpc) is 2.16. The molecule has 0 saturated heterocycles. The van der Waals surface area contributed by atoms with Crippen LogP contribution in [-0.2, 0) is 0 Å². The quantitative estimate of drug-likeness (QED) is 0.773. The molecule has 15 heavy (non-hydrogen) atoms. The van der Waals surface area contributed by atoms with Gasteiger partial charge in [0.05, 0.1) is 0 Å². The van der Waals surface area contributed by atoms with Gasteiger partial charge in [0.2, 0.25) is 11.8 Å². The van der Waals surface area contributed by atoms with Crippen LogP contribution in [0.1, 0.15) is 46.0 Å². The minimum atomic E-state index is -0.540. The number of nitrogens with two attached hydrogens (primary N) is 2. The molecule has 2 amide bonds. The molecule has 1 rings (SSSR count). The van der Waals surface area contributed by atoms with Gasteiger partial charge in [-0.25, -0.2) is 0 Å². The van der Waals surface area contributed by atoms with Crippen LogP contribution in [0.2, 0.25) is 0 Å². The fraction of sp³-hybridized carbons (Fsp3) is 0.273. The fourth-order valence-electron chi connectivity index (χ4n) is 1.62. The average molecular weight is 206 g/mol. The van der Waals surface area contributed by atoms with E-state index in [0.29, 0.717) is 16.7 Å². The SMILES string of the molecule is CC(C)c1c(C(N)=O)cccc1C(N)=O. The van der Waals surface area contributed by atoms with Crippen molar-refractivity contribution in [2.45, 2.75) is 19.8 Å². The van der Waals surface area contributed by atoms with Crippen LogP contribution in [0.25, 0.3) is 0 Å². The van der Waals surface area contributed by atoms with E-state index in [-0.39, 0.29) is 5.92 Å². The highest BCUT2D eigenvalue weighted by Crippen LogP contribution is 2.23. The fourth-order valence-corrected chi connectivity index (χ4v) is 1.62. The number of rotatable bonds is 3. The second kappa shape index (κ2) is 4.13. The van der Waals surface area contributed by atoms with Crippen LogP contribution in [0.5, 0.6) is 0 Å². The van der Waals surface area contributed by atoms with E-state index in [4.69, 9.17) is 11.5 Å². The zero-order valence-electron chi connectivity index (χ0n) is 8.78. The van der Waals surface area contributed by atoms with E-state index in [0.717, 1.165) is 0 Å². The third kappa shape index (κ3) is 2.15. The van der Waals surface area contributed by atoms with Gasteiger partial charge >= 0.3 is 0 Å². The molecular formula is C11H14N2O2. The van der Waals surface area contributed by atoms with Crippen molar-refractivity contribution in [3.8, 4) is 0 Å². The summed E-state index contributed by atoms with van der Waals surface area (Å²) in [6, 6.07) is 4.81. The Hall–Kier alpha value is -1.84. The Kier molecular flexibility index (Phi) is 3.09. The van der Waals surface area contributed by atoms with Crippen molar-refractivity contribution in [2.24, 2.45) is 11.5 Å². The maximum Gasteiger partial charge on any atom is 0.249 e. The second-order valence-electron chi connectivity index (χ2n) is 3.65. The van der Waals surface area contributed by atoms with Crippen LogP contribution in [-0.4, -0.2) is 11.8 Å². The van der Waals surface area contributed by atoms with Crippen molar-refractivity contribution in [3.63, 3.8) is 0 Å². The summed E-state index contributed by atoms with van der Waals surface area (Å²) < 4.78 is 0. The van der Waals surface area contributed by atoms with E-state index in [1.807, 2.05) is 13.8 Å². The van der Waals surface area contributed by atoms with Gasteiger partial charge in [-0.3, -0.25) is 9.59 Å². The van der Waals surface area contributed by atoms with E-state index in [2.05, 4.69) is 0 Å². The molecule has 1 aromatic rings. The van der Waals surface area contributed by atoms with Crippen LogP contribution in [0.4, 0.5) is 0 Å². The first kappa shape index (κ1) is 11.2. The predicted molar refractivity (Wildman–Crippen MR) is 57.6 cm³/mol. The van der Waals surface area contributed by atoms with Crippen LogP contribution in [0.3, 0.4) is 0 Å². The Morgan fingerprint density at radius 1 is 1.07 bits per heavy atom. The van der Waals surface area contributed by atoms with Gasteiger partial charge in [0.1, 0.15) is 0 Å². The van der Waals surface area contributed by atoms with E-state index >= 15 is 0 Å². The van der Waals surface area contributed by atoms with E-state index in [1.165, 1.54) is 0 Å². The van der Waals surface area contributed by atoms with Crippen LogP contribution >= 0.6 is 0 Å². The molecule has 0 aliphatic heterocycles. The highest BCUT2D eigenvalue weighted by molar-refractivity contribution is 6.01. The first-order chi connectivity index (χ1) is 6.95. The van der Waals surface area contributed by atoms with Gasteiger partial charge in [0.15, 0.2) is 0 Å². The summed E-state index contributed by atoms with van der Waals surface area (Å²) in [5.74, 6) is -1.06. The normalized spacial score (nSPS) is 10.3. The molecule has 0 aliphatic rings. The first-order valence-corrected chi connectivity index (χ1v) is 4.67. The lowest BCUT2D eigenvalue weighted by atomic mass is 9.91. The van der Waals surface area contributed by atoms with Crippen LogP contribution < -0.4 is 11.5 Å². The van der Waals surface area contributed by atoms with E-state index in [9.17, 15) is 9.59 Å². The van der Waals surface area contributed by atoms with Gasteiger partial charge in [0, 0.05) is 11.1 Å². The zero-order valence-corrected chi connectivity index (χ0v) is 8.78. The van der Waals surface area contributed by atoms with Crippen molar-refractivity contribution in [1.82, 2.24) is 0 Å². The van der Waals surface area contributed by atoms with Crippen molar-refractivity contribution in [3.05, 3.63) is 34.9 Å². The Balaban J connectivity index is 3.48. The van der Waals surface area contributed by atoms with Gasteiger partial charge in [-0.2, -0.15) is 0 Å². The van der Waals surface area contributed by atoms with Gasteiger partial charge in [-0.05, 0) is 23.6 Å². The highest BCUT2D eigenvalue weighted by Gasteiger charge is 2.17. The topological polar surface area (TPSA) is 86.2 Å². The third-order valence-corrected chi connectivity index (χ3v) is 2.21. The van der Waals surface area contributed by atoms with E-state index in [1.54, 1.807) is 18.2 Å².